The summed E-state index contributed by atoms with van der Waals surface area (Å²) in [6, 6.07) is 16.3. The Morgan fingerprint density at radius 1 is 1.19 bits per heavy atom. The van der Waals surface area contributed by atoms with Gasteiger partial charge in [0, 0.05) is 10.9 Å². The number of amides is 1. The Hall–Kier alpha value is -3.25. The first-order chi connectivity index (χ1) is 15.1. The van der Waals surface area contributed by atoms with Crippen molar-refractivity contribution in [2.24, 2.45) is 0 Å². The first kappa shape index (κ1) is 19.7. The number of carbonyl (C=O) groups excluding carboxylic acids is 1. The second-order valence-electron chi connectivity index (χ2n) is 8.08. The highest BCUT2D eigenvalue weighted by molar-refractivity contribution is 7.17. The van der Waals surface area contributed by atoms with E-state index in [2.05, 4.69) is 22.4 Å². The Morgan fingerprint density at radius 2 is 2.00 bits per heavy atom. The maximum absolute atomic E-state index is 13.2. The quantitative estimate of drug-likeness (QED) is 0.515. The molecule has 1 amide bonds. The minimum atomic E-state index is -0.180. The van der Waals surface area contributed by atoms with Crippen LogP contribution in [0.3, 0.4) is 0 Å². The normalized spacial score (nSPS) is 15.6. The summed E-state index contributed by atoms with van der Waals surface area (Å²) in [7, 11) is 0. The number of aryl methyl sites for hydroxylation is 2. The number of fused-ring (bicyclic) bond motifs is 2. The van der Waals surface area contributed by atoms with E-state index in [0.29, 0.717) is 10.2 Å². The van der Waals surface area contributed by atoms with Gasteiger partial charge in [-0.15, -0.1) is 11.3 Å². The summed E-state index contributed by atoms with van der Waals surface area (Å²) in [6.45, 7) is 2.00. The average Bonchev–Trinajstić information content (AvgIpc) is 3.21. The number of hydrogen-bond donors (Lipinski definition) is 1. The van der Waals surface area contributed by atoms with Crippen LogP contribution in [0.5, 0.6) is 0 Å². The molecular weight excluding hydrogens is 406 g/mol. The van der Waals surface area contributed by atoms with Gasteiger partial charge in [-0.2, -0.15) is 0 Å². The molecule has 0 bridgehead atoms. The van der Waals surface area contributed by atoms with Gasteiger partial charge >= 0.3 is 0 Å². The second kappa shape index (κ2) is 8.12. The molecule has 2 heterocycles. The number of hydrogen-bond acceptors (Lipinski definition) is 4. The lowest BCUT2D eigenvalue weighted by Crippen LogP contribution is -2.36. The highest BCUT2D eigenvalue weighted by atomic mass is 32.1. The van der Waals surface area contributed by atoms with Gasteiger partial charge in [0.25, 0.3) is 5.56 Å². The lowest BCUT2D eigenvalue weighted by Gasteiger charge is -2.26. The molecule has 31 heavy (non-hydrogen) atoms. The molecule has 2 aromatic carbocycles. The zero-order valence-electron chi connectivity index (χ0n) is 17.3. The maximum Gasteiger partial charge on any atom is 0.263 e. The van der Waals surface area contributed by atoms with Crippen LogP contribution in [0.1, 0.15) is 35.6 Å². The van der Waals surface area contributed by atoms with Gasteiger partial charge in [0.05, 0.1) is 17.8 Å². The molecule has 0 radical (unpaired) electrons. The third-order valence-electron chi connectivity index (χ3n) is 5.94. The van der Waals surface area contributed by atoms with Crippen molar-refractivity contribution in [3.63, 3.8) is 0 Å². The van der Waals surface area contributed by atoms with Gasteiger partial charge < -0.3 is 5.32 Å². The monoisotopic (exact) mass is 429 g/mol. The Balaban J connectivity index is 1.42. The summed E-state index contributed by atoms with van der Waals surface area (Å²) < 4.78 is 1.41. The number of aromatic nitrogens is 2. The molecule has 4 aromatic rings. The fraction of sp³-hybridized carbons (Fsp3) is 0.240. The molecule has 6 heteroatoms. The Kier molecular flexibility index (Phi) is 5.16. The largest absolute Gasteiger partial charge is 0.348 e. The van der Waals surface area contributed by atoms with Gasteiger partial charge in [-0.1, -0.05) is 54.1 Å². The molecule has 1 atom stereocenters. The number of nitrogens with zero attached hydrogens (tertiary/aromatic N) is 2. The minimum absolute atomic E-state index is 0.00545. The summed E-state index contributed by atoms with van der Waals surface area (Å²) in [5.41, 5.74) is 5.31. The van der Waals surface area contributed by atoms with E-state index in [4.69, 9.17) is 0 Å². The molecule has 1 aliphatic rings. The molecule has 0 unspecified atom stereocenters. The summed E-state index contributed by atoms with van der Waals surface area (Å²) in [4.78, 5) is 31.2. The number of benzene rings is 2. The van der Waals surface area contributed by atoms with E-state index in [1.165, 1.54) is 38.9 Å². The lowest BCUT2D eigenvalue weighted by molar-refractivity contribution is -0.122. The topological polar surface area (TPSA) is 64.0 Å². The molecule has 1 aliphatic carbocycles. The first-order valence-corrected chi connectivity index (χ1v) is 11.4. The molecule has 5 rings (SSSR count). The molecule has 5 nitrogen and oxygen atoms in total. The Morgan fingerprint density at radius 3 is 2.84 bits per heavy atom. The predicted molar refractivity (Wildman–Crippen MR) is 124 cm³/mol. The van der Waals surface area contributed by atoms with Crippen molar-refractivity contribution in [1.29, 1.82) is 0 Å². The van der Waals surface area contributed by atoms with Crippen LogP contribution in [0.15, 0.2) is 65.0 Å². The average molecular weight is 430 g/mol. The smallest absolute Gasteiger partial charge is 0.263 e. The van der Waals surface area contributed by atoms with Crippen molar-refractivity contribution < 1.29 is 4.79 Å². The molecule has 156 valence electrons. The maximum atomic E-state index is 13.2. The Bertz CT molecular complexity index is 1320. The van der Waals surface area contributed by atoms with E-state index >= 15 is 0 Å². The first-order valence-electron chi connectivity index (χ1n) is 10.5. The lowest BCUT2D eigenvalue weighted by atomic mass is 9.88. The number of rotatable bonds is 4. The van der Waals surface area contributed by atoms with Crippen LogP contribution < -0.4 is 10.9 Å². The molecule has 2 aromatic heterocycles. The summed E-state index contributed by atoms with van der Waals surface area (Å²) in [5.74, 6) is -0.169. The van der Waals surface area contributed by atoms with Gasteiger partial charge in [-0.05, 0) is 42.9 Å². The zero-order valence-corrected chi connectivity index (χ0v) is 18.1. The van der Waals surface area contributed by atoms with Crippen LogP contribution in [0.2, 0.25) is 0 Å². The second-order valence-corrected chi connectivity index (χ2v) is 8.94. The SMILES string of the molecule is Cc1ccc(-c2csc3ncn(CC(=O)N[C@@H]4CCCc5ccccc54)c(=O)c23)cc1. The standard InChI is InChI=1S/C25H23N3O2S/c1-16-9-11-18(12-10-16)20-14-31-24-23(20)25(30)28(15-26-24)13-22(29)27-21-8-4-6-17-5-2-3-7-19(17)21/h2-3,5,7,9-12,14-15,21H,4,6,8,13H2,1H3,(H,27,29)/t21-/m1/s1. The highest BCUT2D eigenvalue weighted by Gasteiger charge is 2.22. The fourth-order valence-corrected chi connectivity index (χ4v) is 5.23. The van der Waals surface area contributed by atoms with Crippen LogP contribution in [0, 0.1) is 6.92 Å². The molecule has 1 N–H and O–H groups in total. The fourth-order valence-electron chi connectivity index (χ4n) is 4.32. The molecule has 0 fully saturated rings. The van der Waals surface area contributed by atoms with Gasteiger partial charge in [0.2, 0.25) is 5.91 Å². The summed E-state index contributed by atoms with van der Waals surface area (Å²) in [6.07, 6.45) is 4.48. The van der Waals surface area contributed by atoms with E-state index in [9.17, 15) is 9.59 Å². The summed E-state index contributed by atoms with van der Waals surface area (Å²) >= 11 is 1.45. The Labute approximate surface area is 184 Å². The van der Waals surface area contributed by atoms with Crippen molar-refractivity contribution in [2.45, 2.75) is 38.8 Å². The van der Waals surface area contributed by atoms with Crippen LogP contribution in [0.25, 0.3) is 21.3 Å². The van der Waals surface area contributed by atoms with Crippen molar-refractivity contribution >= 4 is 27.5 Å². The summed E-state index contributed by atoms with van der Waals surface area (Å²) in [5, 5.41) is 5.66. The van der Waals surface area contributed by atoms with Gasteiger partial charge in [0.15, 0.2) is 0 Å². The van der Waals surface area contributed by atoms with E-state index in [0.717, 1.165) is 30.4 Å². The van der Waals surface area contributed by atoms with Crippen LogP contribution in [-0.4, -0.2) is 15.5 Å². The van der Waals surface area contributed by atoms with E-state index in [1.807, 2.05) is 48.7 Å². The van der Waals surface area contributed by atoms with Crippen molar-refractivity contribution in [3.05, 3.63) is 87.3 Å². The third kappa shape index (κ3) is 3.79. The minimum Gasteiger partial charge on any atom is -0.348 e. The van der Waals surface area contributed by atoms with Gasteiger partial charge in [-0.25, -0.2) is 4.98 Å². The highest BCUT2D eigenvalue weighted by Crippen LogP contribution is 2.31. The van der Waals surface area contributed by atoms with Crippen molar-refractivity contribution in [1.82, 2.24) is 14.9 Å². The number of nitrogens with one attached hydrogen (secondary N) is 1. The van der Waals surface area contributed by atoms with Crippen molar-refractivity contribution in [3.8, 4) is 11.1 Å². The molecular formula is C25H23N3O2S. The van der Waals surface area contributed by atoms with Crippen molar-refractivity contribution in [2.75, 3.05) is 0 Å². The van der Waals surface area contributed by atoms with Crippen LogP contribution in [0.4, 0.5) is 0 Å². The number of thiophene rings is 1. The molecule has 0 saturated carbocycles. The third-order valence-corrected chi connectivity index (χ3v) is 6.83. The molecule has 0 spiro atoms. The van der Waals surface area contributed by atoms with Crippen LogP contribution in [-0.2, 0) is 17.8 Å². The molecule has 0 saturated heterocycles. The van der Waals surface area contributed by atoms with Crippen LogP contribution >= 0.6 is 11.3 Å². The zero-order chi connectivity index (χ0) is 21.4. The van der Waals surface area contributed by atoms with Gasteiger partial charge in [-0.3, -0.25) is 14.2 Å². The van der Waals surface area contributed by atoms with E-state index in [1.54, 1.807) is 0 Å². The van der Waals surface area contributed by atoms with E-state index < -0.39 is 0 Å². The van der Waals surface area contributed by atoms with Gasteiger partial charge in [0.1, 0.15) is 11.4 Å². The molecule has 0 aliphatic heterocycles. The number of carbonyl (C=O) groups is 1. The predicted octanol–water partition coefficient (Wildman–Crippen LogP) is 4.63. The van der Waals surface area contributed by atoms with E-state index in [-0.39, 0.29) is 24.1 Å².